The topological polar surface area (TPSA) is 80.5 Å². The number of sulfone groups is 1. The second kappa shape index (κ2) is 7.41. The van der Waals surface area contributed by atoms with Crippen molar-refractivity contribution in [2.45, 2.75) is 37.6 Å². The highest BCUT2D eigenvalue weighted by molar-refractivity contribution is 7.91. The van der Waals surface area contributed by atoms with Crippen LogP contribution in [-0.2, 0) is 14.6 Å². The Labute approximate surface area is 148 Å². The average molecular weight is 368 g/mol. The fraction of sp³-hybridized carbons (Fsp3) is 0.611. The van der Waals surface area contributed by atoms with Gasteiger partial charge in [-0.2, -0.15) is 0 Å². The van der Waals surface area contributed by atoms with E-state index in [4.69, 9.17) is 5.73 Å². The minimum Gasteiger partial charge on any atom is -0.339 e. The molecule has 3 rings (SSSR count). The molecule has 2 N–H and O–H groups in total. The molecule has 0 radical (unpaired) electrons. The second-order valence-corrected chi connectivity index (χ2v) is 9.47. The molecule has 0 aromatic heterocycles. The predicted octanol–water partition coefficient (Wildman–Crippen LogP) is 1.68. The number of amides is 1. The summed E-state index contributed by atoms with van der Waals surface area (Å²) in [6, 6.07) is 6.14. The van der Waals surface area contributed by atoms with Crippen LogP contribution in [-0.4, -0.2) is 49.9 Å². The number of benzene rings is 1. The van der Waals surface area contributed by atoms with Crippen molar-refractivity contribution in [3.8, 4) is 0 Å². The SMILES string of the molecule is N[C@@H](CCC[C@@H]1C[C@H]1c1ccc(F)cc1)C(=O)N1CCS(=O)(=O)CC1. The van der Waals surface area contributed by atoms with Gasteiger partial charge in [0, 0.05) is 13.1 Å². The highest BCUT2D eigenvalue weighted by Crippen LogP contribution is 2.50. The van der Waals surface area contributed by atoms with Crippen LogP contribution >= 0.6 is 0 Å². The molecule has 0 spiro atoms. The molecule has 1 amide bonds. The summed E-state index contributed by atoms with van der Waals surface area (Å²) in [7, 11) is -2.99. The summed E-state index contributed by atoms with van der Waals surface area (Å²) >= 11 is 0. The predicted molar refractivity (Wildman–Crippen MR) is 94.3 cm³/mol. The maximum absolute atomic E-state index is 12.9. The molecule has 1 aromatic carbocycles. The molecule has 138 valence electrons. The Kier molecular flexibility index (Phi) is 5.43. The first kappa shape index (κ1) is 18.3. The third-order valence-electron chi connectivity index (χ3n) is 5.28. The van der Waals surface area contributed by atoms with Crippen LogP contribution in [0.3, 0.4) is 0 Å². The van der Waals surface area contributed by atoms with E-state index in [9.17, 15) is 17.6 Å². The van der Waals surface area contributed by atoms with E-state index in [0.717, 1.165) is 19.3 Å². The van der Waals surface area contributed by atoms with Gasteiger partial charge in [0.05, 0.1) is 17.5 Å². The Morgan fingerprint density at radius 3 is 2.52 bits per heavy atom. The van der Waals surface area contributed by atoms with Gasteiger partial charge in [-0.1, -0.05) is 18.6 Å². The highest BCUT2D eigenvalue weighted by Gasteiger charge is 2.37. The summed E-state index contributed by atoms with van der Waals surface area (Å²) in [5.41, 5.74) is 7.18. The molecule has 7 heteroatoms. The molecule has 3 atom stereocenters. The van der Waals surface area contributed by atoms with Gasteiger partial charge in [0.25, 0.3) is 0 Å². The summed E-state index contributed by atoms with van der Waals surface area (Å²) in [6.45, 7) is 0.508. The zero-order chi connectivity index (χ0) is 18.0. The van der Waals surface area contributed by atoms with Gasteiger partial charge in [-0.3, -0.25) is 4.79 Å². The molecular formula is C18H25FN2O3S. The highest BCUT2D eigenvalue weighted by atomic mass is 32.2. The van der Waals surface area contributed by atoms with Gasteiger partial charge in [-0.05, 0) is 48.8 Å². The lowest BCUT2D eigenvalue weighted by Gasteiger charge is -2.29. The quantitative estimate of drug-likeness (QED) is 0.828. The lowest BCUT2D eigenvalue weighted by Crippen LogP contribution is -2.50. The normalized spacial score (nSPS) is 26.2. The monoisotopic (exact) mass is 368 g/mol. The van der Waals surface area contributed by atoms with E-state index < -0.39 is 15.9 Å². The molecule has 1 saturated carbocycles. The summed E-state index contributed by atoms with van der Waals surface area (Å²) in [5.74, 6) is 0.809. The fourth-order valence-corrected chi connectivity index (χ4v) is 4.78. The molecule has 0 unspecified atom stereocenters. The van der Waals surface area contributed by atoms with Crippen molar-refractivity contribution >= 4 is 15.7 Å². The molecule has 1 heterocycles. The third-order valence-corrected chi connectivity index (χ3v) is 6.89. The number of nitrogens with zero attached hydrogens (tertiary/aromatic N) is 1. The van der Waals surface area contributed by atoms with Gasteiger partial charge in [0.15, 0.2) is 9.84 Å². The van der Waals surface area contributed by atoms with Crippen LogP contribution in [0.25, 0.3) is 0 Å². The number of carbonyl (C=O) groups is 1. The molecule has 2 fully saturated rings. The minimum atomic E-state index is -2.99. The van der Waals surface area contributed by atoms with Crippen molar-refractivity contribution < 1.29 is 17.6 Å². The molecule has 1 aliphatic heterocycles. The summed E-state index contributed by atoms with van der Waals surface area (Å²) < 4.78 is 35.8. The summed E-state index contributed by atoms with van der Waals surface area (Å²) in [4.78, 5) is 13.9. The van der Waals surface area contributed by atoms with E-state index in [1.165, 1.54) is 17.7 Å². The minimum absolute atomic E-state index is 0.0346. The van der Waals surface area contributed by atoms with Gasteiger partial charge >= 0.3 is 0 Å². The van der Waals surface area contributed by atoms with Gasteiger partial charge in [-0.15, -0.1) is 0 Å². The van der Waals surface area contributed by atoms with Crippen molar-refractivity contribution in [3.63, 3.8) is 0 Å². The summed E-state index contributed by atoms with van der Waals surface area (Å²) in [5, 5.41) is 0. The van der Waals surface area contributed by atoms with Crippen LogP contribution in [0, 0.1) is 11.7 Å². The number of rotatable bonds is 6. The van der Waals surface area contributed by atoms with Crippen LogP contribution in [0.1, 0.15) is 37.2 Å². The molecule has 1 saturated heterocycles. The van der Waals surface area contributed by atoms with Gasteiger partial charge in [-0.25, -0.2) is 12.8 Å². The molecule has 1 aromatic rings. The molecule has 25 heavy (non-hydrogen) atoms. The zero-order valence-electron chi connectivity index (χ0n) is 14.2. The number of hydrogen-bond acceptors (Lipinski definition) is 4. The molecule has 0 bridgehead atoms. The Balaban J connectivity index is 1.38. The van der Waals surface area contributed by atoms with Crippen molar-refractivity contribution in [2.75, 3.05) is 24.6 Å². The first-order chi connectivity index (χ1) is 11.9. The Hall–Kier alpha value is -1.47. The van der Waals surface area contributed by atoms with Crippen LogP contribution < -0.4 is 5.73 Å². The van der Waals surface area contributed by atoms with E-state index in [1.54, 1.807) is 4.90 Å². The lowest BCUT2D eigenvalue weighted by molar-refractivity contribution is -0.132. The van der Waals surface area contributed by atoms with Crippen LogP contribution in [0.4, 0.5) is 4.39 Å². The van der Waals surface area contributed by atoms with E-state index >= 15 is 0 Å². The van der Waals surface area contributed by atoms with Crippen LogP contribution in [0.2, 0.25) is 0 Å². The van der Waals surface area contributed by atoms with E-state index in [0.29, 0.717) is 18.3 Å². The van der Waals surface area contributed by atoms with Gasteiger partial charge in [0.1, 0.15) is 5.82 Å². The van der Waals surface area contributed by atoms with Crippen molar-refractivity contribution in [3.05, 3.63) is 35.6 Å². The number of hydrogen-bond donors (Lipinski definition) is 1. The van der Waals surface area contributed by atoms with Crippen LogP contribution in [0.15, 0.2) is 24.3 Å². The van der Waals surface area contributed by atoms with Gasteiger partial charge in [0.2, 0.25) is 5.91 Å². The average Bonchev–Trinajstić information content (AvgIpc) is 3.34. The molecule has 2 aliphatic rings. The van der Waals surface area contributed by atoms with E-state index in [-0.39, 0.29) is 36.3 Å². The first-order valence-electron chi connectivity index (χ1n) is 8.86. The summed E-state index contributed by atoms with van der Waals surface area (Å²) in [6.07, 6.45) is 3.62. The maximum atomic E-state index is 12.9. The van der Waals surface area contributed by atoms with Crippen molar-refractivity contribution in [1.82, 2.24) is 4.90 Å². The number of nitrogens with two attached hydrogens (primary N) is 1. The van der Waals surface area contributed by atoms with Crippen molar-refractivity contribution in [2.24, 2.45) is 11.7 Å². The molecular weight excluding hydrogens is 343 g/mol. The smallest absolute Gasteiger partial charge is 0.239 e. The Morgan fingerprint density at radius 1 is 1.24 bits per heavy atom. The number of halogens is 1. The van der Waals surface area contributed by atoms with E-state index in [1.807, 2.05) is 12.1 Å². The van der Waals surface area contributed by atoms with Gasteiger partial charge < -0.3 is 10.6 Å². The van der Waals surface area contributed by atoms with E-state index in [2.05, 4.69) is 0 Å². The third kappa shape index (κ3) is 4.79. The largest absolute Gasteiger partial charge is 0.339 e. The zero-order valence-corrected chi connectivity index (χ0v) is 15.1. The second-order valence-electron chi connectivity index (χ2n) is 7.17. The first-order valence-corrected chi connectivity index (χ1v) is 10.7. The fourth-order valence-electron chi connectivity index (χ4n) is 3.58. The van der Waals surface area contributed by atoms with Crippen LogP contribution in [0.5, 0.6) is 0 Å². The van der Waals surface area contributed by atoms with Crippen molar-refractivity contribution in [1.29, 1.82) is 0 Å². The molecule has 1 aliphatic carbocycles. The molecule has 5 nitrogen and oxygen atoms in total. The lowest BCUT2D eigenvalue weighted by atomic mass is 10.0. The maximum Gasteiger partial charge on any atom is 0.239 e. The Bertz CT molecular complexity index is 706. The number of carbonyl (C=O) groups excluding carboxylic acids is 1. The standard InChI is InChI=1S/C18H25FN2O3S/c19-15-6-4-13(5-7-15)16-12-14(16)2-1-3-17(20)18(22)21-8-10-25(23,24)11-9-21/h4-7,14,16-17H,1-3,8-12,20H2/t14-,16+,17+/m1/s1. The Morgan fingerprint density at radius 2 is 1.88 bits per heavy atom.